The molecule has 1 aliphatic rings. The molecule has 1 amide bonds. The van der Waals surface area contributed by atoms with Crippen molar-refractivity contribution >= 4 is 15.9 Å². The molecule has 0 atom stereocenters. The molecule has 2 heterocycles. The summed E-state index contributed by atoms with van der Waals surface area (Å²) in [6.45, 7) is 7.95. The first-order valence-electron chi connectivity index (χ1n) is 9.47. The number of carbonyl (C=O) groups excluding carboxylic acids is 1. The molecule has 0 bridgehead atoms. The summed E-state index contributed by atoms with van der Waals surface area (Å²) >= 11 is 0. The summed E-state index contributed by atoms with van der Waals surface area (Å²) in [5, 5.41) is 0.0487. The van der Waals surface area contributed by atoms with Crippen LogP contribution in [0.5, 0.6) is 0 Å². The molecule has 1 aromatic heterocycles. The van der Waals surface area contributed by atoms with Crippen LogP contribution in [0.3, 0.4) is 0 Å². The summed E-state index contributed by atoms with van der Waals surface area (Å²) in [6.07, 6.45) is 3.57. The molecule has 2 aromatic rings. The lowest BCUT2D eigenvalue weighted by Crippen LogP contribution is -2.37. The van der Waals surface area contributed by atoms with Crippen LogP contribution in [-0.4, -0.2) is 59.3 Å². The molecule has 0 unspecified atom stereocenters. The van der Waals surface area contributed by atoms with Crippen molar-refractivity contribution in [3.8, 4) is 0 Å². The first kappa shape index (κ1) is 20.5. The van der Waals surface area contributed by atoms with Gasteiger partial charge in [0.1, 0.15) is 0 Å². The molecule has 8 heteroatoms. The van der Waals surface area contributed by atoms with Crippen molar-refractivity contribution in [2.45, 2.75) is 37.6 Å². The van der Waals surface area contributed by atoms with Gasteiger partial charge in [-0.1, -0.05) is 32.9 Å². The SMILES string of the molecule is Cn1cnc(S(=O)(=O)N2CCCN(C(=O)c3ccc(C(C)(C)C)cc3)CC2)c1. The second-order valence-corrected chi connectivity index (χ2v) is 10.1. The monoisotopic (exact) mass is 404 g/mol. The van der Waals surface area contributed by atoms with E-state index in [1.54, 1.807) is 16.5 Å². The number of nitrogens with zero attached hydrogens (tertiary/aromatic N) is 4. The number of hydrogen-bond acceptors (Lipinski definition) is 4. The Kier molecular flexibility index (Phi) is 5.63. The van der Waals surface area contributed by atoms with Crippen LogP contribution in [0.2, 0.25) is 0 Å². The van der Waals surface area contributed by atoms with Crippen LogP contribution in [-0.2, 0) is 22.5 Å². The molecular formula is C20H28N4O3S. The smallest absolute Gasteiger partial charge is 0.262 e. The fraction of sp³-hybridized carbons (Fsp3) is 0.500. The van der Waals surface area contributed by atoms with Gasteiger partial charge < -0.3 is 9.47 Å². The molecule has 1 aliphatic heterocycles. The number of amides is 1. The molecule has 1 saturated heterocycles. The van der Waals surface area contributed by atoms with Crippen molar-refractivity contribution in [3.05, 3.63) is 47.9 Å². The third-order valence-corrected chi connectivity index (χ3v) is 6.81. The number of aromatic nitrogens is 2. The van der Waals surface area contributed by atoms with E-state index in [-0.39, 0.29) is 22.9 Å². The Hall–Kier alpha value is -2.19. The Balaban J connectivity index is 1.70. The molecule has 152 valence electrons. The Morgan fingerprint density at radius 1 is 1.04 bits per heavy atom. The van der Waals surface area contributed by atoms with E-state index in [4.69, 9.17) is 0 Å². The third kappa shape index (κ3) is 4.28. The number of sulfonamides is 1. The minimum atomic E-state index is -3.64. The first-order valence-corrected chi connectivity index (χ1v) is 10.9. The number of hydrogen-bond donors (Lipinski definition) is 0. The molecule has 1 fully saturated rings. The summed E-state index contributed by atoms with van der Waals surface area (Å²) in [6, 6.07) is 7.69. The maximum atomic E-state index is 12.9. The van der Waals surface area contributed by atoms with Crippen molar-refractivity contribution in [1.82, 2.24) is 18.8 Å². The predicted octanol–water partition coefficient (Wildman–Crippen LogP) is 2.25. The average molecular weight is 405 g/mol. The zero-order chi connectivity index (χ0) is 20.5. The highest BCUT2D eigenvalue weighted by Crippen LogP contribution is 2.23. The van der Waals surface area contributed by atoms with E-state index in [2.05, 4.69) is 25.8 Å². The molecule has 1 aromatic carbocycles. The van der Waals surface area contributed by atoms with Gasteiger partial charge >= 0.3 is 0 Å². The summed E-state index contributed by atoms with van der Waals surface area (Å²) in [7, 11) is -1.90. The molecule has 0 aliphatic carbocycles. The van der Waals surface area contributed by atoms with Crippen LogP contribution in [0.1, 0.15) is 43.1 Å². The fourth-order valence-electron chi connectivity index (χ4n) is 3.29. The molecule has 0 radical (unpaired) electrons. The number of imidazole rings is 1. The van der Waals surface area contributed by atoms with Gasteiger partial charge in [-0.25, -0.2) is 13.4 Å². The van der Waals surface area contributed by atoms with Gasteiger partial charge in [-0.15, -0.1) is 0 Å². The second-order valence-electron chi connectivity index (χ2n) is 8.25. The molecular weight excluding hydrogens is 376 g/mol. The maximum Gasteiger partial charge on any atom is 0.262 e. The van der Waals surface area contributed by atoms with Gasteiger partial charge in [0.05, 0.1) is 6.33 Å². The van der Waals surface area contributed by atoms with E-state index in [9.17, 15) is 13.2 Å². The lowest BCUT2D eigenvalue weighted by Gasteiger charge is -2.22. The Morgan fingerprint density at radius 3 is 2.29 bits per heavy atom. The van der Waals surface area contributed by atoms with Gasteiger partial charge in [-0.05, 0) is 29.5 Å². The van der Waals surface area contributed by atoms with Gasteiger partial charge in [0.15, 0.2) is 5.03 Å². The zero-order valence-corrected chi connectivity index (χ0v) is 17.7. The van der Waals surface area contributed by atoms with Crippen LogP contribution < -0.4 is 0 Å². The van der Waals surface area contributed by atoms with E-state index in [1.807, 2.05) is 24.3 Å². The highest BCUT2D eigenvalue weighted by molar-refractivity contribution is 7.89. The van der Waals surface area contributed by atoms with Gasteiger partial charge in [-0.3, -0.25) is 4.79 Å². The number of benzene rings is 1. The average Bonchev–Trinajstić information content (AvgIpc) is 2.93. The van der Waals surface area contributed by atoms with Gasteiger partial charge in [0.2, 0.25) is 0 Å². The third-order valence-electron chi connectivity index (χ3n) is 5.03. The molecule has 28 heavy (non-hydrogen) atoms. The maximum absolute atomic E-state index is 12.9. The minimum Gasteiger partial charge on any atom is -0.339 e. The summed E-state index contributed by atoms with van der Waals surface area (Å²) in [4.78, 5) is 18.6. The molecule has 7 nitrogen and oxygen atoms in total. The Morgan fingerprint density at radius 2 is 1.71 bits per heavy atom. The van der Waals surface area contributed by atoms with Crippen molar-refractivity contribution in [3.63, 3.8) is 0 Å². The second kappa shape index (κ2) is 7.67. The van der Waals surface area contributed by atoms with E-state index >= 15 is 0 Å². The van der Waals surface area contributed by atoms with E-state index < -0.39 is 10.0 Å². The predicted molar refractivity (Wildman–Crippen MR) is 108 cm³/mol. The summed E-state index contributed by atoms with van der Waals surface area (Å²) in [5.41, 5.74) is 1.84. The van der Waals surface area contributed by atoms with Gasteiger partial charge in [0, 0.05) is 45.0 Å². The molecule has 0 spiro atoms. The van der Waals surface area contributed by atoms with Crippen molar-refractivity contribution in [2.24, 2.45) is 7.05 Å². The molecule has 3 rings (SSSR count). The van der Waals surface area contributed by atoms with Crippen LogP contribution in [0.15, 0.2) is 41.8 Å². The topological polar surface area (TPSA) is 75.5 Å². The van der Waals surface area contributed by atoms with Gasteiger partial charge in [-0.2, -0.15) is 4.31 Å². The molecule has 0 N–H and O–H groups in total. The zero-order valence-electron chi connectivity index (χ0n) is 16.9. The quantitative estimate of drug-likeness (QED) is 0.786. The number of rotatable bonds is 3. The normalized spacial score (nSPS) is 16.8. The van der Waals surface area contributed by atoms with Crippen LogP contribution in [0.4, 0.5) is 0 Å². The van der Waals surface area contributed by atoms with Crippen LogP contribution >= 0.6 is 0 Å². The summed E-state index contributed by atoms with van der Waals surface area (Å²) < 4.78 is 28.6. The lowest BCUT2D eigenvalue weighted by molar-refractivity contribution is 0.0764. The van der Waals surface area contributed by atoms with Crippen LogP contribution in [0.25, 0.3) is 0 Å². The van der Waals surface area contributed by atoms with E-state index in [1.165, 1.54) is 22.4 Å². The first-order chi connectivity index (χ1) is 13.1. The Bertz CT molecular complexity index is 943. The lowest BCUT2D eigenvalue weighted by atomic mass is 9.86. The minimum absolute atomic E-state index is 0.0323. The van der Waals surface area contributed by atoms with Crippen molar-refractivity contribution < 1.29 is 13.2 Å². The van der Waals surface area contributed by atoms with E-state index in [0.29, 0.717) is 31.6 Å². The van der Waals surface area contributed by atoms with Crippen molar-refractivity contribution in [1.29, 1.82) is 0 Å². The van der Waals surface area contributed by atoms with Crippen molar-refractivity contribution in [2.75, 3.05) is 26.2 Å². The molecule has 0 saturated carbocycles. The van der Waals surface area contributed by atoms with Crippen LogP contribution in [0, 0.1) is 0 Å². The highest BCUT2D eigenvalue weighted by Gasteiger charge is 2.30. The number of aryl methyl sites for hydroxylation is 1. The standard InChI is InChI=1S/C20H28N4O3S/c1-20(2,3)17-8-6-16(7-9-17)19(25)23-10-5-11-24(13-12-23)28(26,27)18-14-22(4)15-21-18/h6-9,14-15H,5,10-13H2,1-4H3. The fourth-order valence-corrected chi connectivity index (χ4v) is 4.72. The van der Waals surface area contributed by atoms with E-state index in [0.717, 1.165) is 0 Å². The number of carbonyl (C=O) groups is 1. The van der Waals surface area contributed by atoms with Gasteiger partial charge in [0.25, 0.3) is 15.9 Å². The Labute approximate surface area is 167 Å². The summed E-state index contributed by atoms with van der Waals surface area (Å²) in [5.74, 6) is -0.0578. The largest absolute Gasteiger partial charge is 0.339 e. The highest BCUT2D eigenvalue weighted by atomic mass is 32.2.